The Hall–Kier alpha value is -5.31. The highest BCUT2D eigenvalue weighted by atomic mass is 16.5. The predicted octanol–water partition coefficient (Wildman–Crippen LogP) is 5.64. The van der Waals surface area contributed by atoms with E-state index in [0.717, 1.165) is 50.3 Å². The minimum Gasteiger partial charge on any atom is -0.487 e. The Morgan fingerprint density at radius 2 is 1.82 bits per heavy atom. The summed E-state index contributed by atoms with van der Waals surface area (Å²) in [4.78, 5) is 22.0. The number of aromatic nitrogens is 8. The van der Waals surface area contributed by atoms with Crippen LogP contribution in [0.3, 0.4) is 0 Å². The van der Waals surface area contributed by atoms with E-state index >= 15 is 0 Å². The van der Waals surface area contributed by atoms with Crippen LogP contribution in [0.2, 0.25) is 0 Å². The van der Waals surface area contributed by atoms with Crippen LogP contribution in [-0.4, -0.2) is 39.7 Å². The van der Waals surface area contributed by atoms with E-state index in [9.17, 15) is 0 Å². The van der Waals surface area contributed by atoms with Gasteiger partial charge in [-0.3, -0.25) is 10.1 Å². The number of nitrogens with zero attached hydrogens (tertiary/aromatic N) is 6. The number of fused-ring (bicyclic) bond motifs is 2. The maximum atomic E-state index is 5.97. The molecule has 38 heavy (non-hydrogen) atoms. The molecule has 9 nitrogen and oxygen atoms in total. The summed E-state index contributed by atoms with van der Waals surface area (Å²) in [6.45, 7) is 2.43. The number of H-pyrrole nitrogens is 2. The molecule has 0 aliphatic heterocycles. The van der Waals surface area contributed by atoms with Crippen LogP contribution in [0.15, 0.2) is 91.6 Å². The first-order valence-electron chi connectivity index (χ1n) is 12.2. The lowest BCUT2D eigenvalue weighted by Gasteiger charge is -2.08. The van der Waals surface area contributed by atoms with Crippen molar-refractivity contribution < 1.29 is 4.74 Å². The van der Waals surface area contributed by atoms with Gasteiger partial charge < -0.3 is 14.3 Å². The van der Waals surface area contributed by atoms with Gasteiger partial charge in [0.25, 0.3) is 0 Å². The zero-order valence-electron chi connectivity index (χ0n) is 20.5. The molecule has 0 atom stereocenters. The molecule has 0 aliphatic carbocycles. The number of nitrogens with one attached hydrogen (secondary N) is 2. The second-order valence-electron chi connectivity index (χ2n) is 9.03. The summed E-state index contributed by atoms with van der Waals surface area (Å²) in [5.41, 5.74) is 8.53. The molecule has 0 saturated carbocycles. The first kappa shape index (κ1) is 21.9. The summed E-state index contributed by atoms with van der Waals surface area (Å²) in [6.07, 6.45) is 7.26. The van der Waals surface area contributed by atoms with E-state index in [4.69, 9.17) is 14.7 Å². The lowest BCUT2D eigenvalue weighted by molar-refractivity contribution is 0.305. The smallest absolute Gasteiger partial charge is 0.161 e. The molecule has 9 heteroatoms. The minimum atomic E-state index is 0.469. The number of hydrogen-bond donors (Lipinski definition) is 2. The lowest BCUT2D eigenvalue weighted by atomic mass is 10.1. The highest BCUT2D eigenvalue weighted by Gasteiger charge is 2.17. The van der Waals surface area contributed by atoms with Crippen LogP contribution in [0.25, 0.3) is 50.5 Å². The third-order valence-electron chi connectivity index (χ3n) is 6.37. The van der Waals surface area contributed by atoms with Crippen molar-refractivity contribution in [2.24, 2.45) is 0 Å². The molecule has 0 fully saturated rings. The molecule has 0 amide bonds. The van der Waals surface area contributed by atoms with Crippen molar-refractivity contribution in [2.75, 3.05) is 0 Å². The van der Waals surface area contributed by atoms with Gasteiger partial charge in [-0.2, -0.15) is 5.10 Å². The molecule has 0 unspecified atom stereocenters. The van der Waals surface area contributed by atoms with Gasteiger partial charge in [0.2, 0.25) is 0 Å². The molecule has 0 saturated heterocycles. The highest BCUT2D eigenvalue weighted by molar-refractivity contribution is 5.93. The monoisotopic (exact) mass is 498 g/mol. The Morgan fingerprint density at radius 1 is 0.895 bits per heavy atom. The second-order valence-corrected chi connectivity index (χ2v) is 9.03. The summed E-state index contributed by atoms with van der Waals surface area (Å²) in [7, 11) is 0. The van der Waals surface area contributed by atoms with Crippen LogP contribution >= 0.6 is 0 Å². The molecule has 2 aromatic carbocycles. The number of hydrogen-bond acceptors (Lipinski definition) is 6. The van der Waals surface area contributed by atoms with Crippen molar-refractivity contribution in [2.45, 2.75) is 13.5 Å². The molecule has 0 spiro atoms. The number of rotatable bonds is 6. The van der Waals surface area contributed by atoms with Crippen LogP contribution < -0.4 is 4.74 Å². The Kier molecular flexibility index (Phi) is 5.18. The third-order valence-corrected chi connectivity index (χ3v) is 6.37. The molecule has 5 aromatic heterocycles. The molecule has 7 aromatic rings. The Bertz CT molecular complexity index is 1900. The van der Waals surface area contributed by atoms with E-state index < -0.39 is 0 Å². The summed E-state index contributed by atoms with van der Waals surface area (Å²) < 4.78 is 7.95. The zero-order chi connectivity index (χ0) is 25.5. The molecular weight excluding hydrogens is 476 g/mol. The minimum absolute atomic E-state index is 0.469. The van der Waals surface area contributed by atoms with Crippen molar-refractivity contribution in [1.82, 2.24) is 39.7 Å². The summed E-state index contributed by atoms with van der Waals surface area (Å²) in [6, 6.07) is 21.9. The quantitative estimate of drug-likeness (QED) is 0.307. The van der Waals surface area contributed by atoms with E-state index in [1.165, 1.54) is 0 Å². The molecular formula is C29H22N8O. The summed E-state index contributed by atoms with van der Waals surface area (Å²) in [5.74, 6) is 1.32. The lowest BCUT2D eigenvalue weighted by Crippen LogP contribution is -1.96. The van der Waals surface area contributed by atoms with Gasteiger partial charge in [-0.1, -0.05) is 36.4 Å². The summed E-state index contributed by atoms with van der Waals surface area (Å²) >= 11 is 0. The van der Waals surface area contributed by atoms with Gasteiger partial charge in [0, 0.05) is 18.0 Å². The van der Waals surface area contributed by atoms with Crippen LogP contribution in [0.1, 0.15) is 11.3 Å². The number of para-hydroxylation sites is 1. The largest absolute Gasteiger partial charge is 0.487 e. The Labute approximate surface area is 217 Å². The standard InChI is InChI=1S/C29H22N8O/c1-18-15-37(17-31-18)25-9-5-8-23-26(25)34-29(33-23)28-27-24(35-36-28)11-10-22(32-27)20-12-21(14-30-13-20)38-16-19-6-3-2-4-7-19/h2-15,17H,16H2,1H3,(H,33,34)(H,35,36). The first-order chi connectivity index (χ1) is 18.7. The maximum absolute atomic E-state index is 5.97. The Morgan fingerprint density at radius 3 is 2.68 bits per heavy atom. The van der Waals surface area contributed by atoms with E-state index in [2.05, 4.69) is 25.1 Å². The number of ether oxygens (including phenoxy) is 1. The molecule has 5 heterocycles. The van der Waals surface area contributed by atoms with E-state index in [1.54, 1.807) is 18.7 Å². The number of pyridine rings is 2. The van der Waals surface area contributed by atoms with E-state index in [1.807, 2.05) is 84.4 Å². The molecule has 2 N–H and O–H groups in total. The predicted molar refractivity (Wildman–Crippen MR) is 145 cm³/mol. The molecule has 0 radical (unpaired) electrons. The molecule has 0 bridgehead atoms. The van der Waals surface area contributed by atoms with Crippen LogP contribution in [-0.2, 0) is 6.61 Å². The van der Waals surface area contributed by atoms with E-state index in [-0.39, 0.29) is 0 Å². The fourth-order valence-corrected chi connectivity index (χ4v) is 4.49. The topological polar surface area (TPSA) is 110 Å². The molecule has 184 valence electrons. The summed E-state index contributed by atoms with van der Waals surface area (Å²) in [5, 5.41) is 7.62. The third kappa shape index (κ3) is 3.96. The van der Waals surface area contributed by atoms with Crippen LogP contribution in [0.5, 0.6) is 5.75 Å². The number of imidazole rings is 2. The van der Waals surface area contributed by atoms with Gasteiger partial charge in [-0.15, -0.1) is 0 Å². The fourth-order valence-electron chi connectivity index (χ4n) is 4.49. The van der Waals surface area contributed by atoms with Crippen molar-refractivity contribution in [3.8, 4) is 34.2 Å². The van der Waals surface area contributed by atoms with Gasteiger partial charge in [0.05, 0.1) is 40.6 Å². The maximum Gasteiger partial charge on any atom is 0.161 e. The normalized spacial score (nSPS) is 11.4. The van der Waals surface area contributed by atoms with Gasteiger partial charge >= 0.3 is 0 Å². The SMILES string of the molecule is Cc1cn(-c2cccc3[nH]c(-c4n[nH]c5ccc(-c6cncc(OCc7ccccc7)c6)nc45)nc23)cn1. The number of aromatic amines is 2. The molecule has 0 aliphatic rings. The van der Waals surface area contributed by atoms with Gasteiger partial charge in [-0.25, -0.2) is 15.0 Å². The highest BCUT2D eigenvalue weighted by Crippen LogP contribution is 2.30. The average molecular weight is 499 g/mol. The van der Waals surface area contributed by atoms with Crippen molar-refractivity contribution in [3.63, 3.8) is 0 Å². The average Bonchev–Trinajstić information content (AvgIpc) is 3.70. The van der Waals surface area contributed by atoms with Crippen molar-refractivity contribution in [3.05, 3.63) is 103 Å². The van der Waals surface area contributed by atoms with Gasteiger partial charge in [0.1, 0.15) is 23.4 Å². The first-order valence-corrected chi connectivity index (χ1v) is 12.2. The van der Waals surface area contributed by atoms with Gasteiger partial charge in [0.15, 0.2) is 11.5 Å². The van der Waals surface area contributed by atoms with Crippen molar-refractivity contribution in [1.29, 1.82) is 0 Å². The number of aryl methyl sites for hydroxylation is 1. The van der Waals surface area contributed by atoms with Crippen LogP contribution in [0.4, 0.5) is 0 Å². The number of benzene rings is 2. The second kappa shape index (κ2) is 8.97. The van der Waals surface area contributed by atoms with Crippen molar-refractivity contribution >= 4 is 22.1 Å². The Balaban J connectivity index is 1.24. The zero-order valence-corrected chi connectivity index (χ0v) is 20.5. The van der Waals surface area contributed by atoms with Gasteiger partial charge in [-0.05, 0) is 42.8 Å². The molecule has 7 rings (SSSR count). The van der Waals surface area contributed by atoms with Crippen LogP contribution in [0, 0.1) is 6.92 Å². The fraction of sp³-hybridized carbons (Fsp3) is 0.0690. The van der Waals surface area contributed by atoms with E-state index in [0.29, 0.717) is 23.9 Å².